The minimum Gasteiger partial charge on any atom is -0.497 e. The van der Waals surface area contributed by atoms with Gasteiger partial charge in [-0.05, 0) is 12.1 Å². The summed E-state index contributed by atoms with van der Waals surface area (Å²) in [7, 11) is 1.56. The maximum atomic E-state index is 12.0. The van der Waals surface area contributed by atoms with Gasteiger partial charge in [0.2, 0.25) is 5.91 Å². The minimum absolute atomic E-state index is 0.129. The molecule has 21 heavy (non-hydrogen) atoms. The summed E-state index contributed by atoms with van der Waals surface area (Å²) in [6, 6.07) is 7.05. The van der Waals surface area contributed by atoms with Crippen molar-refractivity contribution in [2.24, 2.45) is 0 Å². The molecule has 1 amide bonds. The average molecular weight is 294 g/mol. The van der Waals surface area contributed by atoms with Crippen LogP contribution >= 0.6 is 0 Å². The minimum atomic E-state index is -1.01. The fraction of sp³-hybridized carbons (Fsp3) is 0.429. The summed E-state index contributed by atoms with van der Waals surface area (Å²) < 4.78 is 10.2. The standard InChI is InChI=1S/C14H18N2O5/c1-20-11-4-2-3-10(7-11)15-13(17)9-16-5-6-21-12(8-16)14(18)19/h2-4,7,12H,5-6,8-9H2,1H3,(H,15,17)(H,18,19). The number of amides is 1. The van der Waals surface area contributed by atoms with Gasteiger partial charge in [-0.15, -0.1) is 0 Å². The Hall–Kier alpha value is -2.12. The van der Waals surface area contributed by atoms with Gasteiger partial charge in [0.05, 0.1) is 20.3 Å². The molecule has 114 valence electrons. The zero-order valence-electron chi connectivity index (χ0n) is 11.7. The van der Waals surface area contributed by atoms with Crippen LogP contribution in [0.4, 0.5) is 5.69 Å². The number of anilines is 1. The normalized spacial score (nSPS) is 19.0. The molecular weight excluding hydrogens is 276 g/mol. The molecule has 0 aliphatic carbocycles. The van der Waals surface area contributed by atoms with E-state index >= 15 is 0 Å². The van der Waals surface area contributed by atoms with Gasteiger partial charge < -0.3 is 19.9 Å². The maximum Gasteiger partial charge on any atom is 0.334 e. The molecule has 1 aromatic rings. The number of aliphatic carboxylic acids is 1. The van der Waals surface area contributed by atoms with Gasteiger partial charge >= 0.3 is 5.97 Å². The van der Waals surface area contributed by atoms with Crippen LogP contribution in [0.1, 0.15) is 0 Å². The van der Waals surface area contributed by atoms with Crippen LogP contribution in [0, 0.1) is 0 Å². The third-order valence-electron chi connectivity index (χ3n) is 3.15. The Kier molecular flexibility index (Phi) is 5.13. The van der Waals surface area contributed by atoms with Gasteiger partial charge in [0.25, 0.3) is 0 Å². The average Bonchev–Trinajstić information content (AvgIpc) is 2.47. The molecule has 1 aliphatic rings. The molecule has 0 spiro atoms. The number of carboxylic acid groups (broad SMARTS) is 1. The summed E-state index contributed by atoms with van der Waals surface area (Å²) in [5.74, 6) is -0.549. The molecule has 0 saturated carbocycles. The van der Waals surface area contributed by atoms with Crippen LogP contribution in [0.3, 0.4) is 0 Å². The molecule has 0 radical (unpaired) electrons. The van der Waals surface area contributed by atoms with Gasteiger partial charge in [-0.3, -0.25) is 9.69 Å². The van der Waals surface area contributed by atoms with E-state index in [1.807, 2.05) is 0 Å². The van der Waals surface area contributed by atoms with E-state index in [2.05, 4.69) is 5.32 Å². The van der Waals surface area contributed by atoms with Crippen LogP contribution in [0.5, 0.6) is 5.75 Å². The number of ether oxygens (including phenoxy) is 2. The lowest BCUT2D eigenvalue weighted by Crippen LogP contribution is -2.48. The van der Waals surface area contributed by atoms with Gasteiger partial charge in [-0.25, -0.2) is 4.79 Å². The third kappa shape index (κ3) is 4.44. The van der Waals surface area contributed by atoms with Gasteiger partial charge in [-0.1, -0.05) is 6.07 Å². The highest BCUT2D eigenvalue weighted by atomic mass is 16.5. The number of carbonyl (C=O) groups excluding carboxylic acids is 1. The van der Waals surface area contributed by atoms with Crippen LogP contribution < -0.4 is 10.1 Å². The van der Waals surface area contributed by atoms with Crippen molar-refractivity contribution < 1.29 is 24.2 Å². The Morgan fingerprint density at radius 1 is 1.52 bits per heavy atom. The molecule has 1 aromatic carbocycles. The topological polar surface area (TPSA) is 88.1 Å². The molecular formula is C14H18N2O5. The Morgan fingerprint density at radius 3 is 3.05 bits per heavy atom. The van der Waals surface area contributed by atoms with Crippen LogP contribution in [0.15, 0.2) is 24.3 Å². The Labute approximate surface area is 122 Å². The number of carboxylic acids is 1. The molecule has 7 nitrogen and oxygen atoms in total. The van der Waals surface area contributed by atoms with Crippen LogP contribution in [-0.2, 0) is 14.3 Å². The molecule has 2 rings (SSSR count). The van der Waals surface area contributed by atoms with E-state index in [-0.39, 0.29) is 19.0 Å². The van der Waals surface area contributed by atoms with Crippen LogP contribution in [0.25, 0.3) is 0 Å². The lowest BCUT2D eigenvalue weighted by molar-refractivity contribution is -0.156. The first-order valence-electron chi connectivity index (χ1n) is 6.59. The maximum absolute atomic E-state index is 12.0. The summed E-state index contributed by atoms with van der Waals surface area (Å²) >= 11 is 0. The van der Waals surface area contributed by atoms with Crippen molar-refractivity contribution in [2.45, 2.75) is 6.10 Å². The number of benzene rings is 1. The van der Waals surface area contributed by atoms with Crippen molar-refractivity contribution in [1.29, 1.82) is 0 Å². The van der Waals surface area contributed by atoms with Gasteiger partial charge in [0, 0.05) is 24.8 Å². The molecule has 0 aromatic heterocycles. The molecule has 0 bridgehead atoms. The van der Waals surface area contributed by atoms with Gasteiger partial charge in [-0.2, -0.15) is 0 Å². The van der Waals surface area contributed by atoms with Crippen molar-refractivity contribution in [3.8, 4) is 5.75 Å². The molecule has 2 N–H and O–H groups in total. The van der Waals surface area contributed by atoms with E-state index in [9.17, 15) is 9.59 Å². The Morgan fingerprint density at radius 2 is 2.33 bits per heavy atom. The lowest BCUT2D eigenvalue weighted by Gasteiger charge is -2.30. The van der Waals surface area contributed by atoms with E-state index in [0.29, 0.717) is 24.6 Å². The quantitative estimate of drug-likeness (QED) is 0.818. The van der Waals surface area contributed by atoms with Crippen molar-refractivity contribution >= 4 is 17.6 Å². The largest absolute Gasteiger partial charge is 0.497 e. The van der Waals surface area contributed by atoms with Crippen molar-refractivity contribution in [2.75, 3.05) is 38.7 Å². The van der Waals surface area contributed by atoms with Crippen molar-refractivity contribution in [1.82, 2.24) is 4.90 Å². The molecule has 1 heterocycles. The second-order valence-electron chi connectivity index (χ2n) is 4.71. The summed E-state index contributed by atoms with van der Waals surface area (Å²) in [4.78, 5) is 24.6. The number of nitrogens with one attached hydrogen (secondary N) is 1. The highest BCUT2D eigenvalue weighted by molar-refractivity contribution is 5.92. The fourth-order valence-electron chi connectivity index (χ4n) is 2.10. The Bertz CT molecular complexity index is 520. The van der Waals surface area contributed by atoms with Crippen LogP contribution in [-0.4, -0.2) is 61.3 Å². The number of carbonyl (C=O) groups is 2. The van der Waals surface area contributed by atoms with E-state index in [0.717, 1.165) is 0 Å². The summed E-state index contributed by atoms with van der Waals surface area (Å²) in [5, 5.41) is 11.7. The smallest absolute Gasteiger partial charge is 0.334 e. The molecule has 7 heteroatoms. The summed E-state index contributed by atoms with van der Waals surface area (Å²) in [6.45, 7) is 1.18. The first kappa shape index (κ1) is 15.3. The summed E-state index contributed by atoms with van der Waals surface area (Å²) in [5.41, 5.74) is 0.641. The van der Waals surface area contributed by atoms with Crippen molar-refractivity contribution in [3.05, 3.63) is 24.3 Å². The predicted octanol–water partition coefficient (Wildman–Crippen LogP) is 0.419. The van der Waals surface area contributed by atoms with Crippen LogP contribution in [0.2, 0.25) is 0 Å². The second kappa shape index (κ2) is 7.05. The molecule has 1 aliphatic heterocycles. The number of methoxy groups -OCH3 is 1. The zero-order valence-corrected chi connectivity index (χ0v) is 11.7. The van der Waals surface area contributed by atoms with Gasteiger partial charge in [0.1, 0.15) is 5.75 Å². The molecule has 1 fully saturated rings. The third-order valence-corrected chi connectivity index (χ3v) is 3.15. The monoisotopic (exact) mass is 294 g/mol. The van der Waals surface area contributed by atoms with Gasteiger partial charge in [0.15, 0.2) is 6.10 Å². The number of morpholine rings is 1. The fourth-order valence-corrected chi connectivity index (χ4v) is 2.10. The SMILES string of the molecule is COc1cccc(NC(=O)CN2CCOC(C(=O)O)C2)c1. The second-order valence-corrected chi connectivity index (χ2v) is 4.71. The zero-order chi connectivity index (χ0) is 15.2. The van der Waals surface area contributed by atoms with E-state index in [1.165, 1.54) is 0 Å². The number of hydrogen-bond acceptors (Lipinski definition) is 5. The van der Waals surface area contributed by atoms with Crippen molar-refractivity contribution in [3.63, 3.8) is 0 Å². The highest BCUT2D eigenvalue weighted by Gasteiger charge is 2.27. The summed E-state index contributed by atoms with van der Waals surface area (Å²) in [6.07, 6.45) is -0.872. The molecule has 1 saturated heterocycles. The molecule has 1 unspecified atom stereocenters. The predicted molar refractivity (Wildman–Crippen MR) is 75.4 cm³/mol. The van der Waals surface area contributed by atoms with E-state index in [4.69, 9.17) is 14.6 Å². The molecule has 1 atom stereocenters. The first-order valence-corrected chi connectivity index (χ1v) is 6.59. The number of nitrogens with zero attached hydrogens (tertiary/aromatic N) is 1. The van der Waals surface area contributed by atoms with E-state index < -0.39 is 12.1 Å². The highest BCUT2D eigenvalue weighted by Crippen LogP contribution is 2.16. The Balaban J connectivity index is 1.87. The van der Waals surface area contributed by atoms with E-state index in [1.54, 1.807) is 36.3 Å². The lowest BCUT2D eigenvalue weighted by atomic mass is 10.2. The number of rotatable bonds is 5. The first-order chi connectivity index (χ1) is 10.1. The number of hydrogen-bond donors (Lipinski definition) is 2.